The van der Waals surface area contributed by atoms with Crippen LogP contribution in [0.15, 0.2) is 30.3 Å². The van der Waals surface area contributed by atoms with E-state index in [1.165, 1.54) is 5.56 Å². The molecule has 0 saturated heterocycles. The smallest absolute Gasteiger partial charge is 0.0610 e. The zero-order valence-corrected chi connectivity index (χ0v) is 8.59. The molecule has 0 aliphatic heterocycles. The summed E-state index contributed by atoms with van der Waals surface area (Å²) in [5, 5.41) is 2.59. The van der Waals surface area contributed by atoms with Gasteiger partial charge in [0.05, 0.1) is 6.54 Å². The highest BCUT2D eigenvalue weighted by atomic mass is 32.1. The average Bonchev–Trinajstić information content (AvgIpc) is 2.16. The number of rotatable bonds is 3. The van der Waals surface area contributed by atoms with Crippen molar-refractivity contribution in [2.45, 2.75) is 6.54 Å². The molecule has 0 aliphatic carbocycles. The van der Waals surface area contributed by atoms with E-state index < -0.39 is 0 Å². The lowest BCUT2D eigenvalue weighted by Gasteiger charge is -2.12. The van der Waals surface area contributed by atoms with Gasteiger partial charge in [-0.25, -0.2) is 0 Å². The zero-order valence-electron chi connectivity index (χ0n) is 7.70. The molecule has 0 saturated carbocycles. The Morgan fingerprint density at radius 3 is 2.62 bits per heavy atom. The van der Waals surface area contributed by atoms with Gasteiger partial charge in [-0.1, -0.05) is 48.9 Å². The molecule has 1 aromatic rings. The normalized spacial score (nSPS) is 9.46. The number of hydrogen-bond donors (Lipinski definition) is 1. The van der Waals surface area contributed by atoms with E-state index in [-0.39, 0.29) is 0 Å². The van der Waals surface area contributed by atoms with Crippen molar-refractivity contribution in [1.82, 2.24) is 4.90 Å². The molecule has 1 rings (SSSR count). The Kier molecular flexibility index (Phi) is 4.45. The van der Waals surface area contributed by atoms with Crippen LogP contribution in [0.4, 0.5) is 0 Å². The number of benzene rings is 1. The SMILES string of the molecule is CN(CC#CS)Cc1ccccc1. The molecule has 0 N–H and O–H groups in total. The fraction of sp³-hybridized carbons (Fsp3) is 0.273. The maximum atomic E-state index is 3.83. The van der Waals surface area contributed by atoms with Crippen LogP contribution in [-0.2, 0) is 6.54 Å². The van der Waals surface area contributed by atoms with Gasteiger partial charge in [-0.15, -0.1) is 0 Å². The summed E-state index contributed by atoms with van der Waals surface area (Å²) in [5.41, 5.74) is 1.31. The molecule has 0 bridgehead atoms. The molecule has 0 aliphatic rings. The van der Waals surface area contributed by atoms with Crippen molar-refractivity contribution in [3.05, 3.63) is 35.9 Å². The van der Waals surface area contributed by atoms with Crippen molar-refractivity contribution in [1.29, 1.82) is 0 Å². The Balaban J connectivity index is 2.44. The molecule has 0 unspecified atom stereocenters. The minimum absolute atomic E-state index is 0.762. The molecule has 68 valence electrons. The lowest BCUT2D eigenvalue weighted by Crippen LogP contribution is -2.17. The molecule has 0 aromatic heterocycles. The van der Waals surface area contributed by atoms with Crippen molar-refractivity contribution in [3.8, 4) is 11.2 Å². The highest BCUT2D eigenvalue weighted by Crippen LogP contribution is 2.01. The lowest BCUT2D eigenvalue weighted by atomic mass is 10.2. The first-order valence-corrected chi connectivity index (χ1v) is 4.62. The van der Waals surface area contributed by atoms with Crippen molar-refractivity contribution in [2.24, 2.45) is 0 Å². The van der Waals surface area contributed by atoms with Gasteiger partial charge in [-0.2, -0.15) is 0 Å². The predicted octanol–water partition coefficient (Wildman–Crippen LogP) is 2.01. The molecule has 2 heteroatoms. The summed E-state index contributed by atoms with van der Waals surface area (Å²) in [6.07, 6.45) is 0. The minimum Gasteiger partial charge on any atom is -0.291 e. The monoisotopic (exact) mass is 191 g/mol. The number of thiol groups is 1. The second-order valence-corrected chi connectivity index (χ2v) is 3.17. The first-order valence-electron chi connectivity index (χ1n) is 4.17. The third kappa shape index (κ3) is 4.02. The van der Waals surface area contributed by atoms with Crippen LogP contribution in [0.1, 0.15) is 5.56 Å². The summed E-state index contributed by atoms with van der Waals surface area (Å²) >= 11 is 3.83. The van der Waals surface area contributed by atoms with Gasteiger partial charge in [-0.3, -0.25) is 4.90 Å². The second-order valence-electron chi connectivity index (χ2n) is 2.95. The van der Waals surface area contributed by atoms with E-state index in [1.54, 1.807) is 0 Å². The summed E-state index contributed by atoms with van der Waals surface area (Å²) in [7, 11) is 2.05. The quantitative estimate of drug-likeness (QED) is 0.565. The van der Waals surface area contributed by atoms with Crippen LogP contribution in [0.25, 0.3) is 0 Å². The standard InChI is InChI=1S/C11H13NS/c1-12(8-5-9-13)10-11-6-3-2-4-7-11/h2-4,6-7,13H,8,10H2,1H3. The van der Waals surface area contributed by atoms with E-state index in [0.29, 0.717) is 0 Å². The summed E-state index contributed by atoms with van der Waals surface area (Å²) in [5.74, 6) is 2.91. The van der Waals surface area contributed by atoms with Gasteiger partial charge in [-0.05, 0) is 17.9 Å². The zero-order chi connectivity index (χ0) is 9.52. The van der Waals surface area contributed by atoms with Crippen LogP contribution in [0.3, 0.4) is 0 Å². The largest absolute Gasteiger partial charge is 0.291 e. The first-order chi connectivity index (χ1) is 6.33. The third-order valence-corrected chi connectivity index (χ3v) is 1.88. The topological polar surface area (TPSA) is 3.24 Å². The van der Waals surface area contributed by atoms with Crippen molar-refractivity contribution >= 4 is 12.6 Å². The van der Waals surface area contributed by atoms with E-state index in [4.69, 9.17) is 0 Å². The van der Waals surface area contributed by atoms with Gasteiger partial charge in [0.2, 0.25) is 0 Å². The predicted molar refractivity (Wildman–Crippen MR) is 59.5 cm³/mol. The summed E-state index contributed by atoms with van der Waals surface area (Å²) in [6, 6.07) is 10.4. The van der Waals surface area contributed by atoms with Crippen LogP contribution < -0.4 is 0 Å². The number of nitrogens with zero attached hydrogens (tertiary/aromatic N) is 1. The minimum atomic E-state index is 0.762. The number of hydrogen-bond acceptors (Lipinski definition) is 2. The molecular formula is C11H13NS. The van der Waals surface area contributed by atoms with E-state index in [2.05, 4.69) is 40.8 Å². The fourth-order valence-corrected chi connectivity index (χ4v) is 1.19. The molecule has 0 radical (unpaired) electrons. The summed E-state index contributed by atoms with van der Waals surface area (Å²) in [6.45, 7) is 1.70. The van der Waals surface area contributed by atoms with E-state index in [1.807, 2.05) is 25.2 Å². The molecule has 0 heterocycles. The van der Waals surface area contributed by atoms with E-state index >= 15 is 0 Å². The molecule has 0 atom stereocenters. The molecule has 0 spiro atoms. The van der Waals surface area contributed by atoms with E-state index in [0.717, 1.165) is 13.1 Å². The van der Waals surface area contributed by atoms with Crippen LogP contribution in [0.5, 0.6) is 0 Å². The van der Waals surface area contributed by atoms with Crippen molar-refractivity contribution in [2.75, 3.05) is 13.6 Å². The first kappa shape index (κ1) is 10.2. The third-order valence-electron chi connectivity index (χ3n) is 1.72. The Labute approximate surface area is 85.2 Å². The maximum Gasteiger partial charge on any atom is 0.0610 e. The molecule has 0 fully saturated rings. The highest BCUT2D eigenvalue weighted by Gasteiger charge is 1.96. The molecular weight excluding hydrogens is 178 g/mol. The second kappa shape index (κ2) is 5.69. The average molecular weight is 191 g/mol. The maximum absolute atomic E-state index is 3.83. The van der Waals surface area contributed by atoms with Gasteiger partial charge in [0, 0.05) is 6.54 Å². The van der Waals surface area contributed by atoms with Crippen LogP contribution >= 0.6 is 12.6 Å². The molecule has 13 heavy (non-hydrogen) atoms. The van der Waals surface area contributed by atoms with Crippen molar-refractivity contribution < 1.29 is 0 Å². The van der Waals surface area contributed by atoms with Crippen LogP contribution in [0.2, 0.25) is 0 Å². The van der Waals surface area contributed by atoms with Gasteiger partial charge >= 0.3 is 0 Å². The van der Waals surface area contributed by atoms with Crippen LogP contribution in [-0.4, -0.2) is 18.5 Å². The highest BCUT2D eigenvalue weighted by molar-refractivity contribution is 7.85. The Bertz CT molecular complexity index is 297. The molecule has 0 amide bonds. The van der Waals surface area contributed by atoms with Gasteiger partial charge < -0.3 is 0 Å². The Morgan fingerprint density at radius 1 is 1.31 bits per heavy atom. The van der Waals surface area contributed by atoms with Crippen molar-refractivity contribution in [3.63, 3.8) is 0 Å². The van der Waals surface area contributed by atoms with Gasteiger partial charge in [0.1, 0.15) is 0 Å². The molecule has 1 aromatic carbocycles. The Hall–Kier alpha value is -0.910. The molecule has 1 nitrogen and oxygen atoms in total. The van der Waals surface area contributed by atoms with E-state index in [9.17, 15) is 0 Å². The Morgan fingerprint density at radius 2 is 2.00 bits per heavy atom. The lowest BCUT2D eigenvalue weighted by molar-refractivity contribution is 0.369. The van der Waals surface area contributed by atoms with Gasteiger partial charge in [0.25, 0.3) is 0 Å². The fourth-order valence-electron chi connectivity index (χ4n) is 1.12. The summed E-state index contributed by atoms with van der Waals surface area (Å²) < 4.78 is 0. The summed E-state index contributed by atoms with van der Waals surface area (Å²) in [4.78, 5) is 2.15. The van der Waals surface area contributed by atoms with Crippen LogP contribution in [0, 0.1) is 11.2 Å². The van der Waals surface area contributed by atoms with Gasteiger partial charge in [0.15, 0.2) is 0 Å².